The van der Waals surface area contributed by atoms with Gasteiger partial charge in [0.1, 0.15) is 10.6 Å². The van der Waals surface area contributed by atoms with E-state index in [0.717, 1.165) is 22.4 Å². The van der Waals surface area contributed by atoms with Crippen molar-refractivity contribution in [2.75, 3.05) is 18.5 Å². The lowest BCUT2D eigenvalue weighted by Crippen LogP contribution is -2.56. The molecule has 7 nitrogen and oxygen atoms in total. The zero-order valence-corrected chi connectivity index (χ0v) is 16.5. The summed E-state index contributed by atoms with van der Waals surface area (Å²) in [6, 6.07) is 8.85. The maximum absolute atomic E-state index is 13.0. The molecule has 0 radical (unpaired) electrons. The van der Waals surface area contributed by atoms with Crippen molar-refractivity contribution in [3.05, 3.63) is 71.0 Å². The van der Waals surface area contributed by atoms with E-state index >= 15 is 0 Å². The molecule has 1 amide bonds. The molecular weight excluding hydrogens is 392 g/mol. The number of aryl methyl sites for hydroxylation is 1. The van der Waals surface area contributed by atoms with Gasteiger partial charge in [-0.1, -0.05) is 17.7 Å². The number of nitrogens with zero attached hydrogens (tertiary/aromatic N) is 3. The van der Waals surface area contributed by atoms with E-state index < -0.39 is 5.41 Å². The molecule has 1 aliphatic heterocycles. The highest BCUT2D eigenvalue weighted by molar-refractivity contribution is 6.29. The summed E-state index contributed by atoms with van der Waals surface area (Å²) in [5.41, 5.74) is 3.57. The first-order valence-corrected chi connectivity index (χ1v) is 9.44. The Morgan fingerprint density at radius 1 is 1.17 bits per heavy atom. The van der Waals surface area contributed by atoms with Crippen LogP contribution in [0.5, 0.6) is 0 Å². The minimum absolute atomic E-state index is 0.0875. The second-order valence-electron chi connectivity index (χ2n) is 6.97. The molecule has 1 saturated heterocycles. The predicted octanol–water partition coefficient (Wildman–Crippen LogP) is 2.90. The molecule has 3 aromatic rings. The fourth-order valence-corrected chi connectivity index (χ4v) is 3.36. The standard InChI is InChI=1S/C21H19ClN4O3/c1-13-6-15(10-27)17(9-23-13)14-2-4-18(24-7-14)21(11-29-12-21)20(28)26-16-3-5-19(22)25-8-16/h2-9,27H,10-12H2,1H3,(H,26,28). The van der Waals surface area contributed by atoms with E-state index in [1.807, 2.05) is 25.1 Å². The van der Waals surface area contributed by atoms with Gasteiger partial charge in [-0.3, -0.25) is 14.8 Å². The van der Waals surface area contributed by atoms with Crippen molar-refractivity contribution in [2.24, 2.45) is 0 Å². The van der Waals surface area contributed by atoms with Gasteiger partial charge in [-0.25, -0.2) is 4.98 Å². The number of ether oxygens (including phenoxy) is 1. The number of aromatic nitrogens is 3. The topological polar surface area (TPSA) is 97.2 Å². The number of nitrogens with one attached hydrogen (secondary N) is 1. The van der Waals surface area contributed by atoms with Crippen LogP contribution in [0.4, 0.5) is 5.69 Å². The average molecular weight is 411 g/mol. The van der Waals surface area contributed by atoms with Gasteiger partial charge in [0.15, 0.2) is 0 Å². The van der Waals surface area contributed by atoms with Crippen molar-refractivity contribution in [3.63, 3.8) is 0 Å². The molecule has 0 unspecified atom stereocenters. The van der Waals surface area contributed by atoms with E-state index in [1.54, 1.807) is 24.5 Å². The van der Waals surface area contributed by atoms with Crippen LogP contribution < -0.4 is 5.32 Å². The molecule has 4 heterocycles. The molecule has 1 fully saturated rings. The molecule has 2 N–H and O–H groups in total. The van der Waals surface area contributed by atoms with E-state index in [-0.39, 0.29) is 25.7 Å². The van der Waals surface area contributed by atoms with Crippen LogP contribution >= 0.6 is 11.6 Å². The SMILES string of the molecule is Cc1cc(CO)c(-c2ccc(C3(C(=O)Nc4ccc(Cl)nc4)COC3)nc2)cn1. The van der Waals surface area contributed by atoms with Gasteiger partial charge in [0.25, 0.3) is 0 Å². The Bertz CT molecular complexity index is 1030. The molecule has 0 aromatic carbocycles. The number of anilines is 1. The smallest absolute Gasteiger partial charge is 0.241 e. The van der Waals surface area contributed by atoms with Crippen LogP contribution in [0.3, 0.4) is 0 Å². The Morgan fingerprint density at radius 2 is 2.00 bits per heavy atom. The second kappa shape index (κ2) is 7.87. The van der Waals surface area contributed by atoms with Crippen LogP contribution in [0.1, 0.15) is 17.0 Å². The molecule has 0 spiro atoms. The second-order valence-corrected chi connectivity index (χ2v) is 7.36. The maximum atomic E-state index is 13.0. The van der Waals surface area contributed by atoms with Crippen molar-refractivity contribution in [3.8, 4) is 11.1 Å². The quantitative estimate of drug-likeness (QED) is 0.628. The van der Waals surface area contributed by atoms with Gasteiger partial charge in [-0.15, -0.1) is 0 Å². The Hall–Kier alpha value is -2.87. The molecule has 0 saturated carbocycles. The first-order valence-electron chi connectivity index (χ1n) is 9.06. The number of carbonyl (C=O) groups is 1. The molecule has 29 heavy (non-hydrogen) atoms. The molecule has 8 heteroatoms. The Labute approximate surface area is 172 Å². The summed E-state index contributed by atoms with van der Waals surface area (Å²) in [4.78, 5) is 25.8. The fourth-order valence-electron chi connectivity index (χ4n) is 3.25. The summed E-state index contributed by atoms with van der Waals surface area (Å²) in [6.07, 6.45) is 4.92. The van der Waals surface area contributed by atoms with Gasteiger partial charge < -0.3 is 15.2 Å². The number of amides is 1. The molecule has 0 aliphatic carbocycles. The Morgan fingerprint density at radius 3 is 2.59 bits per heavy atom. The van der Waals surface area contributed by atoms with Crippen molar-refractivity contribution < 1.29 is 14.6 Å². The van der Waals surface area contributed by atoms with Gasteiger partial charge in [0, 0.05) is 29.2 Å². The third-order valence-corrected chi connectivity index (χ3v) is 5.20. The summed E-state index contributed by atoms with van der Waals surface area (Å²) >= 11 is 5.79. The van der Waals surface area contributed by atoms with Crippen LogP contribution in [-0.4, -0.2) is 39.2 Å². The van der Waals surface area contributed by atoms with Gasteiger partial charge in [-0.2, -0.15) is 0 Å². The van der Waals surface area contributed by atoms with Crippen molar-refractivity contribution in [1.82, 2.24) is 15.0 Å². The van der Waals surface area contributed by atoms with Crippen molar-refractivity contribution in [1.29, 1.82) is 0 Å². The normalized spacial score (nSPS) is 14.9. The molecule has 148 valence electrons. The van der Waals surface area contributed by atoms with Crippen LogP contribution in [0.15, 0.2) is 48.9 Å². The van der Waals surface area contributed by atoms with Gasteiger partial charge in [0.05, 0.1) is 37.4 Å². The summed E-state index contributed by atoms with van der Waals surface area (Å²) < 4.78 is 5.35. The molecule has 0 atom stereocenters. The summed E-state index contributed by atoms with van der Waals surface area (Å²) in [5, 5.41) is 12.8. The number of hydrogen-bond donors (Lipinski definition) is 2. The fraction of sp³-hybridized carbons (Fsp3) is 0.238. The van der Waals surface area contributed by atoms with E-state index in [4.69, 9.17) is 16.3 Å². The summed E-state index contributed by atoms with van der Waals surface area (Å²) in [6.45, 7) is 2.29. The van der Waals surface area contributed by atoms with Gasteiger partial charge >= 0.3 is 0 Å². The number of aliphatic hydroxyl groups is 1. The first kappa shape index (κ1) is 19.4. The number of hydrogen-bond acceptors (Lipinski definition) is 6. The average Bonchev–Trinajstić information content (AvgIpc) is 2.69. The van der Waals surface area contributed by atoms with Crippen molar-refractivity contribution in [2.45, 2.75) is 18.9 Å². The Kier molecular flexibility index (Phi) is 5.27. The molecule has 3 aromatic heterocycles. The van der Waals surface area contributed by atoms with E-state index in [2.05, 4.69) is 20.3 Å². The summed E-state index contributed by atoms with van der Waals surface area (Å²) in [7, 11) is 0. The van der Waals surface area contributed by atoms with E-state index in [0.29, 0.717) is 16.5 Å². The highest BCUT2D eigenvalue weighted by Crippen LogP contribution is 2.34. The number of halogens is 1. The molecule has 0 bridgehead atoms. The zero-order chi connectivity index (χ0) is 20.4. The van der Waals surface area contributed by atoms with Crippen LogP contribution in [0.25, 0.3) is 11.1 Å². The highest BCUT2D eigenvalue weighted by Gasteiger charge is 2.48. The lowest BCUT2D eigenvalue weighted by atomic mass is 9.80. The third-order valence-electron chi connectivity index (χ3n) is 4.98. The Balaban J connectivity index is 1.60. The number of rotatable bonds is 5. The molecular formula is C21H19ClN4O3. The number of carbonyl (C=O) groups excluding carboxylic acids is 1. The largest absolute Gasteiger partial charge is 0.392 e. The van der Waals surface area contributed by atoms with E-state index in [9.17, 15) is 9.90 Å². The van der Waals surface area contributed by atoms with Gasteiger partial charge in [-0.05, 0) is 36.8 Å². The van der Waals surface area contributed by atoms with Gasteiger partial charge in [0.2, 0.25) is 5.91 Å². The zero-order valence-electron chi connectivity index (χ0n) is 15.7. The van der Waals surface area contributed by atoms with Crippen LogP contribution in [0, 0.1) is 6.92 Å². The minimum atomic E-state index is -0.858. The lowest BCUT2D eigenvalue weighted by molar-refractivity contribution is -0.140. The predicted molar refractivity (Wildman–Crippen MR) is 109 cm³/mol. The maximum Gasteiger partial charge on any atom is 0.241 e. The minimum Gasteiger partial charge on any atom is -0.392 e. The highest BCUT2D eigenvalue weighted by atomic mass is 35.5. The van der Waals surface area contributed by atoms with Crippen LogP contribution in [-0.2, 0) is 21.6 Å². The number of aliphatic hydroxyl groups excluding tert-OH is 1. The number of pyridine rings is 3. The van der Waals surface area contributed by atoms with E-state index in [1.165, 1.54) is 6.20 Å². The lowest BCUT2D eigenvalue weighted by Gasteiger charge is -2.39. The third kappa shape index (κ3) is 3.72. The molecule has 4 rings (SSSR count). The monoisotopic (exact) mass is 410 g/mol. The van der Waals surface area contributed by atoms with Crippen molar-refractivity contribution >= 4 is 23.2 Å². The molecule has 1 aliphatic rings. The first-order chi connectivity index (χ1) is 14.0. The van der Waals surface area contributed by atoms with Crippen LogP contribution in [0.2, 0.25) is 5.15 Å². The summed E-state index contributed by atoms with van der Waals surface area (Å²) in [5.74, 6) is -0.207.